The molecule has 0 radical (unpaired) electrons. The molecule has 1 aliphatic rings. The minimum absolute atomic E-state index is 0.0841. The van der Waals surface area contributed by atoms with Crippen LogP contribution in [0, 0.1) is 0 Å². The zero-order chi connectivity index (χ0) is 14.0. The predicted molar refractivity (Wildman–Crippen MR) is 74.4 cm³/mol. The molecule has 104 valence electrons. The van der Waals surface area contributed by atoms with Crippen LogP contribution in [0.3, 0.4) is 0 Å². The molecule has 2 aromatic rings. The molecule has 0 N–H and O–H groups in total. The first kappa shape index (κ1) is 13.0. The molecule has 1 aromatic carbocycles. The summed E-state index contributed by atoms with van der Waals surface area (Å²) in [6.07, 6.45) is 4.30. The fourth-order valence-corrected chi connectivity index (χ4v) is 2.76. The largest absolute Gasteiger partial charge is 0.339 e. The Kier molecular flexibility index (Phi) is 3.38. The number of carbonyl (C=O) groups is 1. The average molecular weight is 270 g/mol. The molecule has 20 heavy (non-hydrogen) atoms. The van der Waals surface area contributed by atoms with Crippen molar-refractivity contribution in [1.29, 1.82) is 0 Å². The van der Waals surface area contributed by atoms with E-state index >= 15 is 0 Å². The van der Waals surface area contributed by atoms with E-state index in [1.165, 1.54) is 12.0 Å². The lowest BCUT2D eigenvalue weighted by Crippen LogP contribution is -2.36. The van der Waals surface area contributed by atoms with Gasteiger partial charge in [-0.05, 0) is 25.3 Å². The van der Waals surface area contributed by atoms with Crippen LogP contribution in [0.2, 0.25) is 0 Å². The Balaban J connectivity index is 1.85. The van der Waals surface area contributed by atoms with Crippen LogP contribution in [0.15, 0.2) is 34.9 Å². The minimum atomic E-state index is -0.0841. The van der Waals surface area contributed by atoms with Crippen LogP contribution in [0.25, 0.3) is 0 Å². The van der Waals surface area contributed by atoms with Crippen LogP contribution in [0.4, 0.5) is 0 Å². The minimum Gasteiger partial charge on any atom is -0.339 e. The number of nitrogens with zero attached hydrogens (tertiary/aromatic N) is 2. The average Bonchev–Trinajstić information content (AvgIpc) is 2.85. The number of benzene rings is 1. The molecule has 3 rings (SSSR count). The van der Waals surface area contributed by atoms with Crippen molar-refractivity contribution >= 4 is 5.78 Å². The zero-order valence-electron chi connectivity index (χ0n) is 11.6. The van der Waals surface area contributed by atoms with Crippen LogP contribution < -0.4 is 0 Å². The molecule has 0 amide bonds. The SMILES string of the molecule is CC(=O)CCc1nc(C2(c3ccccc3)CCC2)no1. The van der Waals surface area contributed by atoms with Crippen LogP contribution in [-0.2, 0) is 16.6 Å². The molecule has 0 unspecified atom stereocenters. The molecule has 0 aliphatic heterocycles. The Morgan fingerprint density at radius 2 is 2.05 bits per heavy atom. The number of ketones is 1. The van der Waals surface area contributed by atoms with E-state index in [9.17, 15) is 4.79 Å². The van der Waals surface area contributed by atoms with Gasteiger partial charge in [0.1, 0.15) is 5.78 Å². The van der Waals surface area contributed by atoms with Gasteiger partial charge in [-0.3, -0.25) is 0 Å². The first-order chi connectivity index (χ1) is 9.71. The molecule has 1 saturated carbocycles. The summed E-state index contributed by atoms with van der Waals surface area (Å²) in [4.78, 5) is 15.5. The Hall–Kier alpha value is -1.97. The summed E-state index contributed by atoms with van der Waals surface area (Å²) >= 11 is 0. The second-order valence-electron chi connectivity index (χ2n) is 5.52. The second kappa shape index (κ2) is 5.19. The zero-order valence-corrected chi connectivity index (χ0v) is 11.6. The number of hydrogen-bond acceptors (Lipinski definition) is 4. The monoisotopic (exact) mass is 270 g/mol. The van der Waals surface area contributed by atoms with Gasteiger partial charge >= 0.3 is 0 Å². The van der Waals surface area contributed by atoms with E-state index in [0.29, 0.717) is 18.7 Å². The van der Waals surface area contributed by atoms with Crippen LogP contribution in [0.5, 0.6) is 0 Å². The fourth-order valence-electron chi connectivity index (χ4n) is 2.76. The maximum atomic E-state index is 11.0. The van der Waals surface area contributed by atoms with Crippen LogP contribution in [-0.4, -0.2) is 15.9 Å². The fraction of sp³-hybridized carbons (Fsp3) is 0.438. The third-order valence-electron chi connectivity index (χ3n) is 4.12. The van der Waals surface area contributed by atoms with E-state index in [4.69, 9.17) is 4.52 Å². The van der Waals surface area contributed by atoms with Gasteiger partial charge in [0.25, 0.3) is 0 Å². The van der Waals surface area contributed by atoms with Gasteiger partial charge in [-0.25, -0.2) is 0 Å². The Morgan fingerprint density at radius 1 is 1.30 bits per heavy atom. The number of carbonyl (C=O) groups excluding carboxylic acids is 1. The molecule has 1 fully saturated rings. The summed E-state index contributed by atoms with van der Waals surface area (Å²) in [7, 11) is 0. The first-order valence-corrected chi connectivity index (χ1v) is 7.09. The molecule has 1 aliphatic carbocycles. The topological polar surface area (TPSA) is 56.0 Å². The van der Waals surface area contributed by atoms with Crippen molar-refractivity contribution in [2.24, 2.45) is 0 Å². The van der Waals surface area contributed by atoms with E-state index in [2.05, 4.69) is 22.3 Å². The van der Waals surface area contributed by atoms with Crippen LogP contribution in [0.1, 0.15) is 49.9 Å². The van der Waals surface area contributed by atoms with Crippen molar-refractivity contribution in [2.75, 3.05) is 0 Å². The third-order valence-corrected chi connectivity index (χ3v) is 4.12. The molecular weight excluding hydrogens is 252 g/mol. The molecule has 0 bridgehead atoms. The predicted octanol–water partition coefficient (Wildman–Crippen LogP) is 3.06. The third kappa shape index (κ3) is 2.26. The van der Waals surface area contributed by atoms with Crippen molar-refractivity contribution in [1.82, 2.24) is 10.1 Å². The number of aryl methyl sites for hydroxylation is 1. The lowest BCUT2D eigenvalue weighted by atomic mass is 9.64. The lowest BCUT2D eigenvalue weighted by Gasteiger charge is -2.39. The summed E-state index contributed by atoms with van der Waals surface area (Å²) in [6.45, 7) is 1.58. The number of Topliss-reactive ketones (excluding diaryl/α,β-unsaturated/α-hetero) is 1. The van der Waals surface area contributed by atoms with Gasteiger partial charge in [0.2, 0.25) is 5.89 Å². The molecule has 0 spiro atoms. The quantitative estimate of drug-likeness (QED) is 0.838. The van der Waals surface area contributed by atoms with E-state index < -0.39 is 0 Å². The molecule has 1 aromatic heterocycles. The highest BCUT2D eigenvalue weighted by molar-refractivity contribution is 5.75. The molecule has 4 nitrogen and oxygen atoms in total. The number of aromatic nitrogens is 2. The number of hydrogen-bond donors (Lipinski definition) is 0. The molecule has 0 atom stereocenters. The highest BCUT2D eigenvalue weighted by Crippen LogP contribution is 2.47. The molecule has 4 heteroatoms. The van der Waals surface area contributed by atoms with Gasteiger partial charge in [-0.2, -0.15) is 4.98 Å². The highest BCUT2D eigenvalue weighted by Gasteiger charge is 2.44. The summed E-state index contributed by atoms with van der Waals surface area (Å²) < 4.78 is 5.31. The maximum absolute atomic E-state index is 11.0. The van der Waals surface area contributed by atoms with E-state index in [1.54, 1.807) is 6.92 Å². The van der Waals surface area contributed by atoms with Crippen LogP contribution >= 0.6 is 0 Å². The van der Waals surface area contributed by atoms with Gasteiger partial charge in [-0.15, -0.1) is 0 Å². The Labute approximate surface area is 118 Å². The molecular formula is C16H18N2O2. The summed E-state index contributed by atoms with van der Waals surface area (Å²) in [5.74, 6) is 1.48. The van der Waals surface area contributed by atoms with Crippen molar-refractivity contribution in [3.63, 3.8) is 0 Å². The second-order valence-corrected chi connectivity index (χ2v) is 5.52. The van der Waals surface area contributed by atoms with E-state index in [0.717, 1.165) is 18.7 Å². The van der Waals surface area contributed by atoms with Gasteiger partial charge in [0.15, 0.2) is 5.82 Å². The van der Waals surface area contributed by atoms with Gasteiger partial charge in [0, 0.05) is 12.8 Å². The first-order valence-electron chi connectivity index (χ1n) is 7.09. The van der Waals surface area contributed by atoms with E-state index in [1.807, 2.05) is 18.2 Å². The van der Waals surface area contributed by atoms with Crippen molar-refractivity contribution in [2.45, 2.75) is 44.4 Å². The van der Waals surface area contributed by atoms with Gasteiger partial charge in [0.05, 0.1) is 5.41 Å². The van der Waals surface area contributed by atoms with E-state index in [-0.39, 0.29) is 11.2 Å². The van der Waals surface area contributed by atoms with Crippen molar-refractivity contribution in [3.8, 4) is 0 Å². The summed E-state index contributed by atoms with van der Waals surface area (Å²) in [5.41, 5.74) is 1.17. The Bertz CT molecular complexity index is 600. The summed E-state index contributed by atoms with van der Waals surface area (Å²) in [6, 6.07) is 10.4. The van der Waals surface area contributed by atoms with Gasteiger partial charge in [-0.1, -0.05) is 41.9 Å². The molecule has 0 saturated heterocycles. The number of rotatable bonds is 5. The Morgan fingerprint density at radius 3 is 2.65 bits per heavy atom. The standard InChI is InChI=1S/C16H18N2O2/c1-12(19)8-9-14-17-15(18-20-14)16(10-5-11-16)13-6-3-2-4-7-13/h2-4,6-7H,5,8-11H2,1H3. The lowest BCUT2D eigenvalue weighted by molar-refractivity contribution is -0.117. The normalized spacial score (nSPS) is 16.6. The maximum Gasteiger partial charge on any atom is 0.227 e. The summed E-state index contributed by atoms with van der Waals surface area (Å²) in [5, 5.41) is 4.17. The van der Waals surface area contributed by atoms with Gasteiger partial charge < -0.3 is 9.32 Å². The molecule has 1 heterocycles. The highest BCUT2D eigenvalue weighted by atomic mass is 16.5. The smallest absolute Gasteiger partial charge is 0.227 e. The van der Waals surface area contributed by atoms with Crippen molar-refractivity contribution < 1.29 is 9.32 Å². The van der Waals surface area contributed by atoms with Crippen molar-refractivity contribution in [3.05, 3.63) is 47.6 Å².